The number of nitrogens with one attached hydrogen (secondary N) is 1. The molecule has 1 N–H and O–H groups in total. The zero-order valence-electron chi connectivity index (χ0n) is 15.7. The Labute approximate surface area is 174 Å². The lowest BCUT2D eigenvalue weighted by molar-refractivity contribution is 0.0180. The molecule has 6 nitrogen and oxygen atoms in total. The quantitative estimate of drug-likeness (QED) is 0.714. The molecular weight excluding hydrogens is 419 g/mol. The maximum Gasteiger partial charge on any atom is 0.214 e. The van der Waals surface area contributed by atoms with Gasteiger partial charge in [-0.1, -0.05) is 11.6 Å². The summed E-state index contributed by atoms with van der Waals surface area (Å²) in [6.45, 7) is 1.02. The molecule has 1 aromatic heterocycles. The number of halogens is 2. The van der Waals surface area contributed by atoms with E-state index in [0.717, 1.165) is 0 Å². The summed E-state index contributed by atoms with van der Waals surface area (Å²) in [6, 6.07) is 7.77. The predicted octanol–water partition coefficient (Wildman–Crippen LogP) is 3.41. The van der Waals surface area contributed by atoms with Crippen molar-refractivity contribution in [1.82, 2.24) is 9.71 Å². The minimum Gasteiger partial charge on any atom is -0.490 e. The van der Waals surface area contributed by atoms with Crippen LogP contribution in [0, 0.1) is 11.7 Å². The molecular formula is C20H22ClFN2O4S. The van der Waals surface area contributed by atoms with Crippen LogP contribution in [0.15, 0.2) is 36.5 Å². The molecule has 2 atom stereocenters. The Morgan fingerprint density at radius 3 is 2.76 bits per heavy atom. The van der Waals surface area contributed by atoms with Crippen LogP contribution >= 0.6 is 11.6 Å². The Hall–Kier alpha value is -1.74. The van der Waals surface area contributed by atoms with Gasteiger partial charge in [0.05, 0.1) is 29.2 Å². The third-order valence-electron chi connectivity index (χ3n) is 5.16. The molecule has 1 aliphatic carbocycles. The van der Waals surface area contributed by atoms with Crippen LogP contribution in [-0.4, -0.2) is 44.5 Å². The van der Waals surface area contributed by atoms with Crippen molar-refractivity contribution in [3.8, 4) is 17.0 Å². The summed E-state index contributed by atoms with van der Waals surface area (Å²) in [4.78, 5) is 4.18. The van der Waals surface area contributed by atoms with Crippen molar-refractivity contribution in [3.05, 3.63) is 47.4 Å². The predicted molar refractivity (Wildman–Crippen MR) is 108 cm³/mol. The molecule has 1 saturated heterocycles. The van der Waals surface area contributed by atoms with Crippen LogP contribution in [-0.2, 0) is 14.8 Å². The van der Waals surface area contributed by atoms with Crippen LogP contribution in [0.2, 0.25) is 5.02 Å². The Bertz CT molecular complexity index is 967. The lowest BCUT2D eigenvalue weighted by Crippen LogP contribution is -2.48. The molecule has 0 amide bonds. The maximum atomic E-state index is 14.5. The fraction of sp³-hybridized carbons (Fsp3) is 0.450. The van der Waals surface area contributed by atoms with E-state index in [0.29, 0.717) is 48.8 Å². The van der Waals surface area contributed by atoms with Gasteiger partial charge < -0.3 is 9.47 Å². The second-order valence-electron chi connectivity index (χ2n) is 7.41. The molecule has 2 unspecified atom stereocenters. The number of hydrogen-bond acceptors (Lipinski definition) is 5. The average molecular weight is 441 g/mol. The van der Waals surface area contributed by atoms with E-state index < -0.39 is 15.8 Å². The van der Waals surface area contributed by atoms with Gasteiger partial charge in [0.15, 0.2) is 11.6 Å². The number of hydrogen-bond donors (Lipinski definition) is 1. The van der Waals surface area contributed by atoms with Crippen LogP contribution in [0.25, 0.3) is 11.3 Å². The van der Waals surface area contributed by atoms with Gasteiger partial charge in [0.1, 0.15) is 0 Å². The van der Waals surface area contributed by atoms with E-state index >= 15 is 0 Å². The molecule has 2 aromatic rings. The molecule has 2 aliphatic rings. The van der Waals surface area contributed by atoms with Crippen LogP contribution in [0.5, 0.6) is 5.75 Å². The number of sulfonamides is 1. The first kappa shape index (κ1) is 20.5. The summed E-state index contributed by atoms with van der Waals surface area (Å²) in [5, 5.41) is 0.231. The topological polar surface area (TPSA) is 77.5 Å². The Balaban J connectivity index is 1.41. The summed E-state index contributed by atoms with van der Waals surface area (Å²) >= 11 is 5.83. The van der Waals surface area contributed by atoms with Gasteiger partial charge in [-0.2, -0.15) is 0 Å². The molecule has 1 aromatic carbocycles. The van der Waals surface area contributed by atoms with Crippen molar-refractivity contribution in [2.45, 2.75) is 30.6 Å². The van der Waals surface area contributed by atoms with Crippen molar-refractivity contribution in [3.63, 3.8) is 0 Å². The van der Waals surface area contributed by atoms with E-state index in [2.05, 4.69) is 9.71 Å². The van der Waals surface area contributed by atoms with Crippen molar-refractivity contribution < 1.29 is 22.3 Å². The van der Waals surface area contributed by atoms with Gasteiger partial charge in [-0.3, -0.25) is 4.98 Å². The highest BCUT2D eigenvalue weighted by Crippen LogP contribution is 2.30. The summed E-state index contributed by atoms with van der Waals surface area (Å²) in [6.07, 6.45) is 3.49. The number of nitrogens with zero attached hydrogens (tertiary/aromatic N) is 1. The average Bonchev–Trinajstić information content (AvgIpc) is 3.54. The first-order valence-electron chi connectivity index (χ1n) is 9.55. The number of rotatable bonds is 7. The number of pyridine rings is 1. The van der Waals surface area contributed by atoms with E-state index in [1.54, 1.807) is 24.3 Å². The number of benzene rings is 1. The van der Waals surface area contributed by atoms with Crippen LogP contribution in [0.4, 0.5) is 4.39 Å². The Kier molecular flexibility index (Phi) is 6.06. The second-order valence-corrected chi connectivity index (χ2v) is 9.84. The van der Waals surface area contributed by atoms with E-state index in [9.17, 15) is 12.8 Å². The highest BCUT2D eigenvalue weighted by Gasteiger charge is 2.39. The number of aromatic nitrogens is 1. The third kappa shape index (κ3) is 5.06. The standard InChI is InChI=1S/C20H22ClFN2O4S/c21-15-2-5-18(23-10-15)13-1-6-20(17(22)9-13)28-12-14-11-27-8-7-19(14)24-29(25,26)16-3-4-16/h1-2,5-6,9-10,14,16,19,24H,3-4,7-8,11-12H2. The minimum atomic E-state index is -3.30. The monoisotopic (exact) mass is 440 g/mol. The van der Waals surface area contributed by atoms with Crippen molar-refractivity contribution in [1.29, 1.82) is 0 Å². The smallest absolute Gasteiger partial charge is 0.214 e. The first-order valence-corrected chi connectivity index (χ1v) is 11.5. The first-order chi connectivity index (χ1) is 13.9. The van der Waals surface area contributed by atoms with Gasteiger partial charge in [-0.15, -0.1) is 0 Å². The van der Waals surface area contributed by atoms with E-state index in [1.165, 1.54) is 12.3 Å². The van der Waals surface area contributed by atoms with Gasteiger partial charge in [-0.05, 0) is 49.6 Å². The van der Waals surface area contributed by atoms with Crippen LogP contribution in [0.3, 0.4) is 0 Å². The molecule has 0 spiro atoms. The van der Waals surface area contributed by atoms with Gasteiger partial charge in [0.2, 0.25) is 10.0 Å². The fourth-order valence-corrected chi connectivity index (χ4v) is 5.12. The summed E-state index contributed by atoms with van der Waals surface area (Å²) in [7, 11) is -3.30. The van der Waals surface area contributed by atoms with Gasteiger partial charge in [-0.25, -0.2) is 17.5 Å². The number of ether oxygens (including phenoxy) is 2. The summed E-state index contributed by atoms with van der Waals surface area (Å²) < 4.78 is 53.0. The Morgan fingerprint density at radius 2 is 2.07 bits per heavy atom. The molecule has 156 valence electrons. The van der Waals surface area contributed by atoms with Gasteiger partial charge in [0, 0.05) is 30.3 Å². The second kappa shape index (κ2) is 8.55. The molecule has 29 heavy (non-hydrogen) atoms. The molecule has 0 radical (unpaired) electrons. The highest BCUT2D eigenvalue weighted by atomic mass is 35.5. The van der Waals surface area contributed by atoms with Crippen molar-refractivity contribution in [2.24, 2.45) is 5.92 Å². The van der Waals surface area contributed by atoms with Crippen LogP contribution in [0.1, 0.15) is 19.3 Å². The fourth-order valence-electron chi connectivity index (χ4n) is 3.32. The SMILES string of the molecule is O=S(=O)(NC1CCOCC1COc1ccc(-c2ccc(Cl)cn2)cc1F)C1CC1. The van der Waals surface area contributed by atoms with Crippen LogP contribution < -0.4 is 9.46 Å². The molecule has 0 bridgehead atoms. The largest absolute Gasteiger partial charge is 0.490 e. The maximum absolute atomic E-state index is 14.5. The van der Waals surface area contributed by atoms with E-state index in [-0.39, 0.29) is 29.6 Å². The van der Waals surface area contributed by atoms with E-state index in [1.807, 2.05) is 0 Å². The van der Waals surface area contributed by atoms with E-state index in [4.69, 9.17) is 21.1 Å². The lowest BCUT2D eigenvalue weighted by atomic mass is 9.98. The van der Waals surface area contributed by atoms with Gasteiger partial charge >= 0.3 is 0 Å². The molecule has 1 aliphatic heterocycles. The molecule has 2 heterocycles. The minimum absolute atomic E-state index is 0.108. The summed E-state index contributed by atoms with van der Waals surface area (Å²) in [5.74, 6) is -0.586. The lowest BCUT2D eigenvalue weighted by Gasteiger charge is -2.31. The highest BCUT2D eigenvalue weighted by molar-refractivity contribution is 7.90. The zero-order chi connectivity index (χ0) is 20.4. The van der Waals surface area contributed by atoms with Crippen molar-refractivity contribution >= 4 is 21.6 Å². The Morgan fingerprint density at radius 1 is 1.24 bits per heavy atom. The molecule has 4 rings (SSSR count). The molecule has 1 saturated carbocycles. The molecule has 9 heteroatoms. The van der Waals surface area contributed by atoms with Gasteiger partial charge in [0.25, 0.3) is 0 Å². The zero-order valence-corrected chi connectivity index (χ0v) is 17.3. The normalized spacial score (nSPS) is 22.4. The summed E-state index contributed by atoms with van der Waals surface area (Å²) in [5.41, 5.74) is 1.22. The third-order valence-corrected chi connectivity index (χ3v) is 7.36. The molecule has 2 fully saturated rings. The van der Waals surface area contributed by atoms with Crippen molar-refractivity contribution in [2.75, 3.05) is 19.8 Å².